The van der Waals surface area contributed by atoms with Crippen LogP contribution in [0.1, 0.15) is 37.5 Å². The van der Waals surface area contributed by atoms with Crippen molar-refractivity contribution in [1.82, 2.24) is 20.4 Å². The topological polar surface area (TPSA) is 71.3 Å². The van der Waals surface area contributed by atoms with Crippen LogP contribution in [-0.4, -0.2) is 40.6 Å². The number of aromatic nitrogens is 2. The van der Waals surface area contributed by atoms with Crippen molar-refractivity contribution in [3.05, 3.63) is 11.8 Å². The minimum Gasteiger partial charge on any atom is -0.424 e. The predicted molar refractivity (Wildman–Crippen MR) is 65.8 cm³/mol. The highest BCUT2D eigenvalue weighted by Crippen LogP contribution is 2.09. The highest BCUT2D eigenvalue weighted by atomic mass is 16.4. The van der Waals surface area contributed by atoms with Gasteiger partial charge in [0.15, 0.2) is 0 Å². The Labute approximate surface area is 107 Å². The van der Waals surface area contributed by atoms with Crippen molar-refractivity contribution in [2.45, 2.75) is 39.2 Å². The summed E-state index contributed by atoms with van der Waals surface area (Å²) in [7, 11) is 0. The van der Waals surface area contributed by atoms with Crippen LogP contribution in [-0.2, 0) is 11.3 Å². The quantitative estimate of drug-likeness (QED) is 0.787. The lowest BCUT2D eigenvalue weighted by atomic mass is 10.1. The van der Waals surface area contributed by atoms with Gasteiger partial charge in [0.1, 0.15) is 0 Å². The third-order valence-corrected chi connectivity index (χ3v) is 3.07. The molecule has 1 N–H and O–H groups in total. The lowest BCUT2D eigenvalue weighted by Gasteiger charge is -2.26. The van der Waals surface area contributed by atoms with Crippen molar-refractivity contribution >= 4 is 5.91 Å². The number of rotatable bonds is 5. The Balaban J connectivity index is 1.61. The number of carbonyl (C=O) groups is 1. The van der Waals surface area contributed by atoms with Crippen molar-refractivity contribution in [3.8, 4) is 0 Å². The van der Waals surface area contributed by atoms with Gasteiger partial charge in [0.2, 0.25) is 17.7 Å². The molecule has 0 saturated carbocycles. The lowest BCUT2D eigenvalue weighted by molar-refractivity contribution is -0.131. The monoisotopic (exact) mass is 252 g/mol. The molecule has 1 aliphatic rings. The zero-order valence-corrected chi connectivity index (χ0v) is 10.8. The molecular formula is C12H20N4O2. The van der Waals surface area contributed by atoms with Crippen LogP contribution < -0.4 is 5.32 Å². The first-order valence-corrected chi connectivity index (χ1v) is 6.53. The Morgan fingerprint density at radius 3 is 2.78 bits per heavy atom. The highest BCUT2D eigenvalue weighted by molar-refractivity contribution is 5.76. The summed E-state index contributed by atoms with van der Waals surface area (Å²) in [5.41, 5.74) is 0. The smallest absolute Gasteiger partial charge is 0.230 e. The summed E-state index contributed by atoms with van der Waals surface area (Å²) in [6.07, 6.45) is 4.06. The van der Waals surface area contributed by atoms with Crippen LogP contribution in [0.4, 0.5) is 0 Å². The first kappa shape index (κ1) is 13.0. The number of aryl methyl sites for hydroxylation is 1. The van der Waals surface area contributed by atoms with E-state index in [1.807, 2.05) is 4.90 Å². The van der Waals surface area contributed by atoms with Gasteiger partial charge in [0, 0.05) is 33.0 Å². The molecule has 0 bridgehead atoms. The summed E-state index contributed by atoms with van der Waals surface area (Å²) in [5.74, 6) is 1.37. The van der Waals surface area contributed by atoms with Gasteiger partial charge in [-0.05, 0) is 19.3 Å². The van der Waals surface area contributed by atoms with Crippen LogP contribution in [0.3, 0.4) is 0 Å². The Bertz CT molecular complexity index is 385. The second-order valence-corrected chi connectivity index (χ2v) is 4.58. The average molecular weight is 252 g/mol. The van der Waals surface area contributed by atoms with E-state index in [9.17, 15) is 4.79 Å². The molecule has 0 unspecified atom stereocenters. The maximum atomic E-state index is 11.8. The summed E-state index contributed by atoms with van der Waals surface area (Å²) in [5, 5.41) is 10.8. The van der Waals surface area contributed by atoms with E-state index >= 15 is 0 Å². The van der Waals surface area contributed by atoms with Crippen LogP contribution in [0, 0.1) is 6.92 Å². The summed E-state index contributed by atoms with van der Waals surface area (Å²) in [6, 6.07) is 0. The van der Waals surface area contributed by atoms with E-state index < -0.39 is 0 Å². The molecule has 1 saturated heterocycles. The van der Waals surface area contributed by atoms with Gasteiger partial charge in [-0.25, -0.2) is 0 Å². The van der Waals surface area contributed by atoms with Gasteiger partial charge in [0.05, 0.1) is 6.54 Å². The highest BCUT2D eigenvalue weighted by Gasteiger charge is 2.15. The van der Waals surface area contributed by atoms with Crippen molar-refractivity contribution in [3.63, 3.8) is 0 Å². The molecule has 2 heterocycles. The normalized spacial score (nSPS) is 15.9. The molecule has 0 atom stereocenters. The molecule has 1 amide bonds. The fraction of sp³-hybridized carbons (Fsp3) is 0.750. The van der Waals surface area contributed by atoms with Crippen LogP contribution in [0.5, 0.6) is 0 Å². The number of amides is 1. The van der Waals surface area contributed by atoms with E-state index in [1.54, 1.807) is 6.92 Å². The standard InChI is InChI=1S/C12H20N4O2/c1-10-14-15-11(18-10)9-13-6-5-12(17)16-7-3-2-4-8-16/h13H,2-9H2,1H3. The van der Waals surface area contributed by atoms with Gasteiger partial charge >= 0.3 is 0 Å². The molecule has 2 rings (SSSR count). The summed E-state index contributed by atoms with van der Waals surface area (Å²) < 4.78 is 5.23. The number of likely N-dealkylation sites (tertiary alicyclic amines) is 1. The molecule has 6 nitrogen and oxygen atoms in total. The van der Waals surface area contributed by atoms with E-state index in [-0.39, 0.29) is 5.91 Å². The molecule has 1 fully saturated rings. The molecule has 0 spiro atoms. The molecule has 0 aliphatic carbocycles. The van der Waals surface area contributed by atoms with Crippen LogP contribution in [0.25, 0.3) is 0 Å². The minimum atomic E-state index is 0.240. The molecule has 1 aromatic rings. The minimum absolute atomic E-state index is 0.240. The molecule has 1 aromatic heterocycles. The van der Waals surface area contributed by atoms with Crippen molar-refractivity contribution in [2.24, 2.45) is 0 Å². The predicted octanol–water partition coefficient (Wildman–Crippen LogP) is 0.870. The number of hydrogen-bond donors (Lipinski definition) is 1. The Morgan fingerprint density at radius 2 is 2.11 bits per heavy atom. The van der Waals surface area contributed by atoms with Gasteiger partial charge in [-0.1, -0.05) is 0 Å². The molecule has 100 valence electrons. The van der Waals surface area contributed by atoms with Crippen molar-refractivity contribution < 1.29 is 9.21 Å². The van der Waals surface area contributed by atoms with Crippen molar-refractivity contribution in [1.29, 1.82) is 0 Å². The van der Waals surface area contributed by atoms with Crippen molar-refractivity contribution in [2.75, 3.05) is 19.6 Å². The number of piperidine rings is 1. The number of carbonyl (C=O) groups excluding carboxylic acids is 1. The Hall–Kier alpha value is -1.43. The largest absolute Gasteiger partial charge is 0.424 e. The number of hydrogen-bond acceptors (Lipinski definition) is 5. The fourth-order valence-corrected chi connectivity index (χ4v) is 2.10. The Morgan fingerprint density at radius 1 is 1.33 bits per heavy atom. The molecule has 18 heavy (non-hydrogen) atoms. The second kappa shape index (κ2) is 6.49. The van der Waals surface area contributed by atoms with Crippen LogP contribution in [0.15, 0.2) is 4.42 Å². The maximum Gasteiger partial charge on any atom is 0.230 e. The van der Waals surface area contributed by atoms with E-state index in [1.165, 1.54) is 6.42 Å². The fourth-order valence-electron chi connectivity index (χ4n) is 2.10. The zero-order chi connectivity index (χ0) is 12.8. The SMILES string of the molecule is Cc1nnc(CNCCC(=O)N2CCCCC2)o1. The molecule has 0 radical (unpaired) electrons. The summed E-state index contributed by atoms with van der Waals surface area (Å²) in [6.45, 7) is 4.77. The van der Waals surface area contributed by atoms with Gasteiger partial charge in [-0.2, -0.15) is 0 Å². The van der Waals surface area contributed by atoms with Gasteiger partial charge in [-0.3, -0.25) is 4.79 Å². The third kappa shape index (κ3) is 3.80. The summed E-state index contributed by atoms with van der Waals surface area (Å²) >= 11 is 0. The van der Waals surface area contributed by atoms with Crippen LogP contribution in [0.2, 0.25) is 0 Å². The Kier molecular flexibility index (Phi) is 4.69. The second-order valence-electron chi connectivity index (χ2n) is 4.58. The van der Waals surface area contributed by atoms with Crippen LogP contribution >= 0.6 is 0 Å². The molecule has 6 heteroatoms. The molecule has 1 aliphatic heterocycles. The summed E-state index contributed by atoms with van der Waals surface area (Å²) in [4.78, 5) is 13.8. The molecular weight excluding hydrogens is 232 g/mol. The van der Waals surface area contributed by atoms with E-state index in [0.29, 0.717) is 31.3 Å². The third-order valence-electron chi connectivity index (χ3n) is 3.07. The van der Waals surface area contributed by atoms with Gasteiger partial charge in [0.25, 0.3) is 0 Å². The number of nitrogens with one attached hydrogen (secondary N) is 1. The first-order valence-electron chi connectivity index (χ1n) is 6.53. The average Bonchev–Trinajstić information content (AvgIpc) is 2.81. The van der Waals surface area contributed by atoms with Gasteiger partial charge < -0.3 is 14.6 Å². The van der Waals surface area contributed by atoms with Gasteiger partial charge in [-0.15, -0.1) is 10.2 Å². The van der Waals surface area contributed by atoms with E-state index in [4.69, 9.17) is 4.42 Å². The molecule has 0 aromatic carbocycles. The number of nitrogens with zero attached hydrogens (tertiary/aromatic N) is 3. The first-order chi connectivity index (χ1) is 8.75. The maximum absolute atomic E-state index is 11.8. The van der Waals surface area contributed by atoms with E-state index in [2.05, 4.69) is 15.5 Å². The van der Waals surface area contributed by atoms with E-state index in [0.717, 1.165) is 25.9 Å². The lowest BCUT2D eigenvalue weighted by Crippen LogP contribution is -2.37. The zero-order valence-electron chi connectivity index (χ0n) is 10.8.